The molecule has 2 heterocycles. The van der Waals surface area contributed by atoms with E-state index in [9.17, 15) is 18.4 Å². The number of aromatic nitrogens is 2. The van der Waals surface area contributed by atoms with E-state index < -0.39 is 11.6 Å². The van der Waals surface area contributed by atoms with Crippen LogP contribution >= 0.6 is 0 Å². The molecule has 1 aliphatic heterocycles. The number of carbonyl (C=O) groups excluding carboxylic acids is 2. The first-order valence-corrected chi connectivity index (χ1v) is 12.2. The van der Waals surface area contributed by atoms with Crippen molar-refractivity contribution >= 4 is 11.8 Å². The van der Waals surface area contributed by atoms with Crippen molar-refractivity contribution in [1.82, 2.24) is 20.0 Å². The number of halogens is 2. The van der Waals surface area contributed by atoms with Crippen LogP contribution in [-0.4, -0.2) is 52.7 Å². The van der Waals surface area contributed by atoms with Gasteiger partial charge in [0.2, 0.25) is 5.91 Å². The van der Waals surface area contributed by atoms with Crippen molar-refractivity contribution < 1.29 is 23.1 Å². The zero-order chi connectivity index (χ0) is 25.2. The molecule has 0 atom stereocenters. The summed E-state index contributed by atoms with van der Waals surface area (Å²) < 4.78 is 34.1. The fourth-order valence-electron chi connectivity index (χ4n) is 5.10. The van der Waals surface area contributed by atoms with E-state index in [1.165, 1.54) is 6.07 Å². The lowest BCUT2D eigenvalue weighted by Crippen LogP contribution is -2.47. The zero-order valence-electron chi connectivity index (χ0n) is 20.1. The highest BCUT2D eigenvalue weighted by Crippen LogP contribution is 2.29. The summed E-state index contributed by atoms with van der Waals surface area (Å²) in [5.74, 6) is -1.41. The lowest BCUT2D eigenvalue weighted by atomic mass is 10.0. The Bertz CT molecular complexity index is 1300. The number of ether oxygens (including phenoxy) is 1. The van der Waals surface area contributed by atoms with E-state index in [2.05, 4.69) is 10.4 Å². The molecular formula is C27H28F2N4O3. The average molecular weight is 495 g/mol. The summed E-state index contributed by atoms with van der Waals surface area (Å²) in [6, 6.07) is 11.0. The van der Waals surface area contributed by atoms with E-state index in [4.69, 9.17) is 4.74 Å². The molecule has 0 bridgehead atoms. The van der Waals surface area contributed by atoms with Gasteiger partial charge in [-0.25, -0.2) is 13.5 Å². The second kappa shape index (κ2) is 10.1. The van der Waals surface area contributed by atoms with Crippen molar-refractivity contribution in [3.63, 3.8) is 0 Å². The highest BCUT2D eigenvalue weighted by atomic mass is 19.2. The second-order valence-corrected chi connectivity index (χ2v) is 9.25. The number of hydrogen-bond acceptors (Lipinski definition) is 4. The Morgan fingerprint density at radius 1 is 1.08 bits per heavy atom. The Morgan fingerprint density at radius 2 is 1.86 bits per heavy atom. The van der Waals surface area contributed by atoms with Gasteiger partial charge >= 0.3 is 0 Å². The molecule has 188 valence electrons. The largest absolute Gasteiger partial charge is 0.496 e. The summed E-state index contributed by atoms with van der Waals surface area (Å²) in [6.07, 6.45) is 3.89. The van der Waals surface area contributed by atoms with Crippen LogP contribution in [0.4, 0.5) is 8.78 Å². The van der Waals surface area contributed by atoms with Crippen LogP contribution in [0.15, 0.2) is 42.5 Å². The van der Waals surface area contributed by atoms with Crippen LogP contribution in [-0.2, 0) is 24.1 Å². The molecule has 36 heavy (non-hydrogen) atoms. The molecular weight excluding hydrogens is 466 g/mol. The monoisotopic (exact) mass is 494 g/mol. The van der Waals surface area contributed by atoms with Crippen molar-refractivity contribution in [2.45, 2.75) is 44.6 Å². The van der Waals surface area contributed by atoms with E-state index in [1.54, 1.807) is 11.8 Å². The maximum Gasteiger partial charge on any atom is 0.272 e. The molecule has 5 rings (SSSR count). The summed E-state index contributed by atoms with van der Waals surface area (Å²) in [6.45, 7) is 1.11. The minimum Gasteiger partial charge on any atom is -0.496 e. The highest BCUT2D eigenvalue weighted by molar-refractivity contribution is 5.94. The van der Waals surface area contributed by atoms with Gasteiger partial charge in [-0.2, -0.15) is 5.10 Å². The number of piperidine rings is 1. The van der Waals surface area contributed by atoms with Crippen molar-refractivity contribution in [2.75, 3.05) is 20.2 Å². The number of fused-ring (bicyclic) bond motifs is 1. The molecule has 0 unspecified atom stereocenters. The second-order valence-electron chi connectivity index (χ2n) is 9.25. The number of methoxy groups -OCH3 is 1. The summed E-state index contributed by atoms with van der Waals surface area (Å²) >= 11 is 0. The number of hydrogen-bond donors (Lipinski definition) is 1. The van der Waals surface area contributed by atoms with Crippen LogP contribution in [0.25, 0.3) is 5.69 Å². The van der Waals surface area contributed by atoms with Gasteiger partial charge < -0.3 is 15.0 Å². The van der Waals surface area contributed by atoms with Crippen molar-refractivity contribution in [3.8, 4) is 11.4 Å². The van der Waals surface area contributed by atoms with Crippen molar-refractivity contribution in [1.29, 1.82) is 0 Å². The molecule has 1 aliphatic carbocycles. The Hall–Kier alpha value is -3.75. The Kier molecular flexibility index (Phi) is 6.71. The molecule has 0 saturated carbocycles. The first-order chi connectivity index (χ1) is 17.4. The fourth-order valence-corrected chi connectivity index (χ4v) is 5.10. The van der Waals surface area contributed by atoms with E-state index in [1.807, 2.05) is 29.2 Å². The van der Waals surface area contributed by atoms with E-state index in [-0.39, 0.29) is 24.3 Å². The van der Waals surface area contributed by atoms with Gasteiger partial charge in [0.05, 0.1) is 19.2 Å². The van der Waals surface area contributed by atoms with Crippen LogP contribution in [0.2, 0.25) is 0 Å². The number of para-hydroxylation sites is 1. The average Bonchev–Trinajstić information content (AvgIpc) is 3.50. The molecule has 1 fully saturated rings. The SMILES string of the molecule is COc1ccccc1CC(=O)N1CCC(NC(=O)c2nn(-c3ccc(F)c(F)c3)c3c2CCC3)CC1. The molecule has 0 radical (unpaired) electrons. The van der Waals surface area contributed by atoms with Gasteiger partial charge in [-0.05, 0) is 50.3 Å². The smallest absolute Gasteiger partial charge is 0.272 e. The molecule has 1 saturated heterocycles. The van der Waals surface area contributed by atoms with E-state index in [0.717, 1.165) is 48.2 Å². The number of carbonyl (C=O) groups is 2. The lowest BCUT2D eigenvalue weighted by molar-refractivity contribution is -0.131. The molecule has 2 aliphatic rings. The predicted octanol–water partition coefficient (Wildman–Crippen LogP) is 3.61. The third kappa shape index (κ3) is 4.69. The molecule has 0 spiro atoms. The summed E-state index contributed by atoms with van der Waals surface area (Å²) in [5.41, 5.74) is 3.31. The van der Waals surface area contributed by atoms with Gasteiger partial charge in [0.1, 0.15) is 5.75 Å². The molecule has 3 aromatic rings. The number of amides is 2. The third-order valence-electron chi connectivity index (χ3n) is 7.01. The Balaban J connectivity index is 1.22. The van der Waals surface area contributed by atoms with Gasteiger partial charge in [-0.3, -0.25) is 9.59 Å². The number of nitrogens with zero attached hydrogens (tertiary/aromatic N) is 3. The topological polar surface area (TPSA) is 76.5 Å². The molecule has 9 heteroatoms. The normalized spacial score (nSPS) is 15.6. The summed E-state index contributed by atoms with van der Waals surface area (Å²) in [7, 11) is 1.59. The maximum absolute atomic E-state index is 13.8. The highest BCUT2D eigenvalue weighted by Gasteiger charge is 2.30. The van der Waals surface area contributed by atoms with E-state index in [0.29, 0.717) is 43.1 Å². The zero-order valence-corrected chi connectivity index (χ0v) is 20.1. The van der Waals surface area contributed by atoms with Crippen LogP contribution in [0.1, 0.15) is 46.6 Å². The van der Waals surface area contributed by atoms with Gasteiger partial charge in [0.15, 0.2) is 17.3 Å². The molecule has 1 N–H and O–H groups in total. The summed E-state index contributed by atoms with van der Waals surface area (Å²) in [5, 5.41) is 7.55. The third-order valence-corrected chi connectivity index (χ3v) is 7.01. The molecule has 7 nitrogen and oxygen atoms in total. The van der Waals surface area contributed by atoms with Crippen LogP contribution in [0.3, 0.4) is 0 Å². The van der Waals surface area contributed by atoms with E-state index >= 15 is 0 Å². The van der Waals surface area contributed by atoms with Gasteiger partial charge in [0, 0.05) is 42.0 Å². The van der Waals surface area contributed by atoms with Crippen LogP contribution < -0.4 is 10.1 Å². The van der Waals surface area contributed by atoms with Crippen LogP contribution in [0.5, 0.6) is 5.75 Å². The lowest BCUT2D eigenvalue weighted by Gasteiger charge is -2.32. The number of benzene rings is 2. The minimum atomic E-state index is -0.951. The van der Waals surface area contributed by atoms with Crippen molar-refractivity contribution in [2.24, 2.45) is 0 Å². The van der Waals surface area contributed by atoms with Crippen LogP contribution in [0, 0.1) is 11.6 Å². The quantitative estimate of drug-likeness (QED) is 0.568. The number of nitrogens with one attached hydrogen (secondary N) is 1. The number of rotatable bonds is 6. The number of likely N-dealkylation sites (tertiary alicyclic amines) is 1. The predicted molar refractivity (Wildman–Crippen MR) is 129 cm³/mol. The van der Waals surface area contributed by atoms with Gasteiger partial charge in [0.25, 0.3) is 5.91 Å². The van der Waals surface area contributed by atoms with Crippen molar-refractivity contribution in [3.05, 3.63) is 76.6 Å². The standard InChI is InChI=1S/C27H28F2N4O3/c1-36-24-8-3-2-5-17(24)15-25(34)32-13-11-18(12-14-32)30-27(35)26-20-6-4-7-23(20)33(31-26)19-9-10-21(28)22(29)16-19/h2-3,5,8-10,16,18H,4,6-7,11-15H2,1H3,(H,30,35). The van der Waals surface area contributed by atoms with Gasteiger partial charge in [-0.15, -0.1) is 0 Å². The Labute approximate surface area is 208 Å². The first-order valence-electron chi connectivity index (χ1n) is 12.2. The minimum absolute atomic E-state index is 0.0346. The molecule has 2 aromatic carbocycles. The fraction of sp³-hybridized carbons (Fsp3) is 0.370. The Morgan fingerprint density at radius 3 is 2.61 bits per heavy atom. The maximum atomic E-state index is 13.8. The summed E-state index contributed by atoms with van der Waals surface area (Å²) in [4.78, 5) is 27.8. The molecule has 1 aromatic heterocycles. The molecule has 2 amide bonds. The first kappa shape index (κ1) is 24.0. The van der Waals surface area contributed by atoms with Gasteiger partial charge in [-0.1, -0.05) is 18.2 Å².